The van der Waals surface area contributed by atoms with Crippen LogP contribution in [0, 0.1) is 0 Å². The van der Waals surface area contributed by atoms with Gasteiger partial charge >= 0.3 is 0 Å². The third-order valence-corrected chi connectivity index (χ3v) is 4.42. The third kappa shape index (κ3) is 5.11. The largest absolute Gasteiger partial charge is 0.497 e. The number of methoxy groups -OCH3 is 1. The molecule has 116 valence electrons. The first-order valence-corrected chi connectivity index (χ1v) is 8.26. The number of ether oxygens (including phenoxy) is 1. The maximum Gasteiger partial charge on any atom is 0.230 e. The van der Waals surface area contributed by atoms with Crippen LogP contribution >= 0.6 is 11.8 Å². The molecule has 0 radical (unpaired) electrons. The van der Waals surface area contributed by atoms with Crippen LogP contribution in [0.4, 0.5) is 0 Å². The van der Waals surface area contributed by atoms with Crippen molar-refractivity contribution < 1.29 is 9.53 Å². The van der Waals surface area contributed by atoms with Gasteiger partial charge in [0.2, 0.25) is 5.91 Å². The number of hydrogen-bond acceptors (Lipinski definition) is 3. The van der Waals surface area contributed by atoms with Gasteiger partial charge in [0.25, 0.3) is 0 Å². The summed E-state index contributed by atoms with van der Waals surface area (Å²) in [5.41, 5.74) is 1.24. The highest BCUT2D eigenvalue weighted by Gasteiger charge is 2.08. The van der Waals surface area contributed by atoms with Gasteiger partial charge in [0, 0.05) is 11.4 Å². The number of rotatable bonds is 7. The van der Waals surface area contributed by atoms with Crippen LogP contribution in [0.25, 0.3) is 0 Å². The molecule has 1 amide bonds. The van der Waals surface area contributed by atoms with E-state index < -0.39 is 0 Å². The van der Waals surface area contributed by atoms with E-state index in [1.807, 2.05) is 42.5 Å². The Hall–Kier alpha value is -1.94. The summed E-state index contributed by atoms with van der Waals surface area (Å²) < 4.78 is 5.11. The molecule has 1 atom stereocenters. The molecule has 22 heavy (non-hydrogen) atoms. The molecule has 2 aromatic rings. The van der Waals surface area contributed by atoms with Crippen molar-refractivity contribution in [1.29, 1.82) is 0 Å². The van der Waals surface area contributed by atoms with Gasteiger partial charge in [0.1, 0.15) is 5.75 Å². The van der Waals surface area contributed by atoms with Crippen molar-refractivity contribution in [3.63, 3.8) is 0 Å². The number of amides is 1. The van der Waals surface area contributed by atoms with Crippen molar-refractivity contribution in [3.05, 3.63) is 60.2 Å². The maximum atomic E-state index is 11.9. The summed E-state index contributed by atoms with van der Waals surface area (Å²) in [4.78, 5) is 13.0. The lowest BCUT2D eigenvalue weighted by atomic mass is 10.0. The molecule has 0 aliphatic carbocycles. The quantitative estimate of drug-likeness (QED) is 0.792. The van der Waals surface area contributed by atoms with Gasteiger partial charge in [0.15, 0.2) is 0 Å². The van der Waals surface area contributed by atoms with Gasteiger partial charge in [-0.3, -0.25) is 4.79 Å². The van der Waals surface area contributed by atoms with Gasteiger partial charge in [0.05, 0.1) is 12.9 Å². The minimum atomic E-state index is 0.0589. The van der Waals surface area contributed by atoms with Gasteiger partial charge in [-0.1, -0.05) is 37.3 Å². The molecular formula is C18H21NO2S. The van der Waals surface area contributed by atoms with E-state index in [9.17, 15) is 4.79 Å². The Morgan fingerprint density at radius 3 is 2.45 bits per heavy atom. The summed E-state index contributed by atoms with van der Waals surface area (Å²) in [6.07, 6.45) is 0. The highest BCUT2D eigenvalue weighted by molar-refractivity contribution is 8.00. The first-order valence-electron chi connectivity index (χ1n) is 7.27. The van der Waals surface area contributed by atoms with Crippen molar-refractivity contribution in [2.24, 2.45) is 0 Å². The average Bonchev–Trinajstić information content (AvgIpc) is 2.59. The van der Waals surface area contributed by atoms with E-state index in [0.717, 1.165) is 10.6 Å². The third-order valence-electron chi connectivity index (χ3n) is 3.40. The number of carbonyl (C=O) groups excluding carboxylic acids is 1. The standard InChI is InChI=1S/C18H21NO2S/c1-14(15-6-4-3-5-7-15)12-19-18(20)13-22-17-10-8-16(21-2)9-11-17/h3-11,14H,12-13H2,1-2H3,(H,19,20)/t14-/m1/s1. The summed E-state index contributed by atoms with van der Waals surface area (Å²) in [6.45, 7) is 2.78. The van der Waals surface area contributed by atoms with Crippen molar-refractivity contribution in [2.75, 3.05) is 19.4 Å². The summed E-state index contributed by atoms with van der Waals surface area (Å²) in [5.74, 6) is 1.62. The number of carbonyl (C=O) groups is 1. The van der Waals surface area contributed by atoms with Crippen LogP contribution in [0.2, 0.25) is 0 Å². The molecule has 0 spiro atoms. The molecule has 2 rings (SSSR count). The van der Waals surface area contributed by atoms with E-state index in [1.54, 1.807) is 7.11 Å². The number of hydrogen-bond donors (Lipinski definition) is 1. The predicted octanol–water partition coefficient (Wildman–Crippen LogP) is 3.71. The number of nitrogens with one attached hydrogen (secondary N) is 1. The lowest BCUT2D eigenvalue weighted by Crippen LogP contribution is -2.28. The molecule has 0 saturated carbocycles. The molecule has 2 aromatic carbocycles. The Balaban J connectivity index is 1.73. The number of benzene rings is 2. The second-order valence-corrected chi connectivity index (χ2v) is 6.13. The molecule has 0 saturated heterocycles. The van der Waals surface area contributed by atoms with Crippen molar-refractivity contribution in [2.45, 2.75) is 17.7 Å². The molecule has 0 bridgehead atoms. The zero-order valence-corrected chi connectivity index (χ0v) is 13.7. The summed E-state index contributed by atoms with van der Waals surface area (Å²) in [5, 5.41) is 2.99. The SMILES string of the molecule is COc1ccc(SCC(=O)NC[C@@H](C)c2ccccc2)cc1. The molecule has 0 fully saturated rings. The van der Waals surface area contributed by atoms with E-state index in [1.165, 1.54) is 17.3 Å². The first kappa shape index (κ1) is 16.4. The molecule has 0 heterocycles. The topological polar surface area (TPSA) is 38.3 Å². The van der Waals surface area contributed by atoms with Gasteiger partial charge in [-0.2, -0.15) is 0 Å². The molecule has 3 nitrogen and oxygen atoms in total. The molecule has 0 aliphatic heterocycles. The van der Waals surface area contributed by atoms with Gasteiger partial charge in [-0.15, -0.1) is 11.8 Å². The van der Waals surface area contributed by atoms with E-state index in [-0.39, 0.29) is 5.91 Å². The fraction of sp³-hybridized carbons (Fsp3) is 0.278. The monoisotopic (exact) mass is 315 g/mol. The van der Waals surface area contributed by atoms with Crippen LogP contribution in [0.3, 0.4) is 0 Å². The fourth-order valence-corrected chi connectivity index (χ4v) is 2.77. The molecule has 0 unspecified atom stereocenters. The molecule has 4 heteroatoms. The van der Waals surface area contributed by atoms with Gasteiger partial charge in [-0.25, -0.2) is 0 Å². The normalized spacial score (nSPS) is 11.7. The zero-order chi connectivity index (χ0) is 15.8. The number of thioether (sulfide) groups is 1. The lowest BCUT2D eigenvalue weighted by Gasteiger charge is -2.13. The second-order valence-electron chi connectivity index (χ2n) is 5.08. The highest BCUT2D eigenvalue weighted by Crippen LogP contribution is 2.21. The Morgan fingerprint density at radius 2 is 1.82 bits per heavy atom. The molecular weight excluding hydrogens is 294 g/mol. The van der Waals surface area contributed by atoms with E-state index >= 15 is 0 Å². The average molecular weight is 315 g/mol. The summed E-state index contributed by atoms with van der Waals surface area (Å²) >= 11 is 1.53. The van der Waals surface area contributed by atoms with Crippen LogP contribution in [-0.4, -0.2) is 25.3 Å². The first-order chi connectivity index (χ1) is 10.7. The Morgan fingerprint density at radius 1 is 1.14 bits per heavy atom. The summed E-state index contributed by atoms with van der Waals surface area (Å²) in [6, 6.07) is 17.9. The van der Waals surface area contributed by atoms with E-state index in [2.05, 4.69) is 24.4 Å². The predicted molar refractivity (Wildman–Crippen MR) is 91.6 cm³/mol. The minimum Gasteiger partial charge on any atom is -0.497 e. The Bertz CT molecular complexity index is 584. The van der Waals surface area contributed by atoms with Crippen molar-refractivity contribution >= 4 is 17.7 Å². The maximum absolute atomic E-state index is 11.9. The molecule has 0 aromatic heterocycles. The summed E-state index contributed by atoms with van der Waals surface area (Å²) in [7, 11) is 1.64. The van der Waals surface area contributed by atoms with Gasteiger partial charge < -0.3 is 10.1 Å². The second kappa shape index (κ2) is 8.49. The zero-order valence-electron chi connectivity index (χ0n) is 12.9. The fourth-order valence-electron chi connectivity index (χ4n) is 2.04. The smallest absolute Gasteiger partial charge is 0.230 e. The lowest BCUT2D eigenvalue weighted by molar-refractivity contribution is -0.118. The van der Waals surface area contributed by atoms with Crippen molar-refractivity contribution in [3.8, 4) is 5.75 Å². The van der Waals surface area contributed by atoms with Crippen LogP contribution in [0.5, 0.6) is 5.75 Å². The van der Waals surface area contributed by atoms with Crippen LogP contribution < -0.4 is 10.1 Å². The van der Waals surface area contributed by atoms with Crippen LogP contribution in [-0.2, 0) is 4.79 Å². The van der Waals surface area contributed by atoms with E-state index in [0.29, 0.717) is 18.2 Å². The van der Waals surface area contributed by atoms with Crippen molar-refractivity contribution in [1.82, 2.24) is 5.32 Å². The Kier molecular flexibility index (Phi) is 6.34. The van der Waals surface area contributed by atoms with Gasteiger partial charge in [-0.05, 0) is 35.7 Å². The molecule has 1 N–H and O–H groups in total. The minimum absolute atomic E-state index is 0.0589. The van der Waals surface area contributed by atoms with Crippen LogP contribution in [0.1, 0.15) is 18.4 Å². The van der Waals surface area contributed by atoms with E-state index in [4.69, 9.17) is 4.74 Å². The Labute approximate surface area is 136 Å². The molecule has 0 aliphatic rings. The highest BCUT2D eigenvalue weighted by atomic mass is 32.2. The van der Waals surface area contributed by atoms with Crippen LogP contribution in [0.15, 0.2) is 59.5 Å².